The Morgan fingerprint density at radius 2 is 2.19 bits per heavy atom. The lowest BCUT2D eigenvalue weighted by Gasteiger charge is -2.32. The van der Waals surface area contributed by atoms with Crippen molar-refractivity contribution < 1.29 is 8.42 Å². The molecule has 0 spiro atoms. The first-order valence-corrected chi connectivity index (χ1v) is 9.82. The van der Waals surface area contributed by atoms with Gasteiger partial charge in [-0.15, -0.1) is 0 Å². The van der Waals surface area contributed by atoms with Gasteiger partial charge >= 0.3 is 0 Å². The molecular weight excluding hydrogens is 332 g/mol. The molecule has 0 saturated carbocycles. The topological polar surface area (TPSA) is 86.1 Å². The zero-order chi connectivity index (χ0) is 15.5. The number of anilines is 1. The molecule has 116 valence electrons. The Morgan fingerprint density at radius 1 is 1.52 bits per heavy atom. The molecule has 6 nitrogen and oxygen atoms in total. The molecule has 1 aromatic rings. The average molecular weight is 349 g/mol. The molecule has 0 aliphatic carbocycles. The number of likely N-dealkylation sites (tertiary alicyclic amines) is 1. The quantitative estimate of drug-likeness (QED) is 0.869. The van der Waals surface area contributed by atoms with Crippen LogP contribution in [-0.4, -0.2) is 55.4 Å². The lowest BCUT2D eigenvalue weighted by molar-refractivity contribution is 0.230. The van der Waals surface area contributed by atoms with Gasteiger partial charge in [-0.05, 0) is 24.4 Å². The number of nitrogens with zero attached hydrogens (tertiary/aromatic N) is 3. The van der Waals surface area contributed by atoms with Crippen LogP contribution in [0, 0.1) is 11.3 Å². The van der Waals surface area contributed by atoms with Gasteiger partial charge in [0.1, 0.15) is 26.5 Å². The van der Waals surface area contributed by atoms with Crippen LogP contribution in [0.5, 0.6) is 0 Å². The second kappa shape index (κ2) is 6.92. The lowest BCUT2D eigenvalue weighted by atomic mass is 10.1. The first-order chi connectivity index (χ1) is 9.89. The molecule has 2 rings (SSSR count). The molecule has 9 heteroatoms. The second-order valence-corrected chi connectivity index (χ2v) is 8.57. The predicted octanol–water partition coefficient (Wildman–Crippen LogP) is 1.59. The van der Waals surface area contributed by atoms with Gasteiger partial charge < -0.3 is 10.2 Å². The minimum atomic E-state index is -2.91. The summed E-state index contributed by atoms with van der Waals surface area (Å²) >= 11 is 7.04. The minimum Gasteiger partial charge on any atom is -0.372 e. The molecule has 0 aromatic carbocycles. The van der Waals surface area contributed by atoms with Gasteiger partial charge in [0.15, 0.2) is 5.15 Å². The van der Waals surface area contributed by atoms with Gasteiger partial charge in [-0.3, -0.25) is 0 Å². The van der Waals surface area contributed by atoms with Crippen LogP contribution >= 0.6 is 23.1 Å². The third-order valence-electron chi connectivity index (χ3n) is 3.46. The van der Waals surface area contributed by atoms with E-state index < -0.39 is 9.84 Å². The Hall–Kier alpha value is -0.880. The lowest BCUT2D eigenvalue weighted by Crippen LogP contribution is -2.41. The number of aromatic nitrogens is 1. The summed E-state index contributed by atoms with van der Waals surface area (Å²) in [5.74, 6) is 0.203. The Morgan fingerprint density at radius 3 is 2.76 bits per heavy atom. The largest absolute Gasteiger partial charge is 0.372 e. The molecule has 0 atom stereocenters. The van der Waals surface area contributed by atoms with Crippen LogP contribution in [0.15, 0.2) is 0 Å². The van der Waals surface area contributed by atoms with Gasteiger partial charge in [-0.1, -0.05) is 11.6 Å². The van der Waals surface area contributed by atoms with Gasteiger partial charge in [0.2, 0.25) is 0 Å². The molecule has 1 saturated heterocycles. The highest BCUT2D eigenvalue weighted by atomic mass is 35.5. The molecule has 1 aromatic heterocycles. The zero-order valence-corrected chi connectivity index (χ0v) is 14.1. The summed E-state index contributed by atoms with van der Waals surface area (Å²) in [6.07, 6.45) is 3.08. The van der Waals surface area contributed by atoms with Gasteiger partial charge in [0, 0.05) is 31.9 Å². The Kier molecular flexibility index (Phi) is 5.43. The van der Waals surface area contributed by atoms with Crippen molar-refractivity contribution in [1.82, 2.24) is 9.27 Å². The Bertz CT molecular complexity index is 630. The van der Waals surface area contributed by atoms with Crippen LogP contribution in [0.1, 0.15) is 18.4 Å². The third-order valence-corrected chi connectivity index (χ3v) is 5.54. The number of hydrogen-bond donors (Lipinski definition) is 1. The highest BCUT2D eigenvalue weighted by Gasteiger charge is 2.22. The number of piperidine rings is 1. The van der Waals surface area contributed by atoms with E-state index in [0.29, 0.717) is 12.1 Å². The molecule has 0 amide bonds. The molecule has 1 aliphatic rings. The molecule has 1 aliphatic heterocycles. The van der Waals surface area contributed by atoms with Crippen LogP contribution in [0.2, 0.25) is 5.15 Å². The van der Waals surface area contributed by atoms with Crippen molar-refractivity contribution in [3.63, 3.8) is 0 Å². The summed E-state index contributed by atoms with van der Waals surface area (Å²) in [5.41, 5.74) is 0.404. The van der Waals surface area contributed by atoms with Crippen LogP contribution < -0.4 is 5.32 Å². The first-order valence-electron chi connectivity index (χ1n) is 6.61. The average Bonchev–Trinajstić information content (AvgIpc) is 2.77. The van der Waals surface area contributed by atoms with Gasteiger partial charge in [0.05, 0.1) is 5.75 Å². The van der Waals surface area contributed by atoms with Crippen molar-refractivity contribution in [3.8, 4) is 6.07 Å². The third kappa shape index (κ3) is 4.81. The van der Waals surface area contributed by atoms with E-state index in [4.69, 9.17) is 16.9 Å². The number of nitrogens with one attached hydrogen (secondary N) is 1. The van der Waals surface area contributed by atoms with Crippen LogP contribution in [0.4, 0.5) is 5.00 Å². The summed E-state index contributed by atoms with van der Waals surface area (Å²) < 4.78 is 26.3. The first kappa shape index (κ1) is 16.5. The fourth-order valence-electron chi connectivity index (χ4n) is 2.25. The predicted molar refractivity (Wildman–Crippen MR) is 84.6 cm³/mol. The summed E-state index contributed by atoms with van der Waals surface area (Å²) in [6.45, 7) is 2.28. The normalized spacial score (nSPS) is 17.6. The van der Waals surface area contributed by atoms with Crippen molar-refractivity contribution in [2.24, 2.45) is 0 Å². The van der Waals surface area contributed by atoms with Crippen LogP contribution in [0.25, 0.3) is 0 Å². The van der Waals surface area contributed by atoms with Crippen molar-refractivity contribution in [3.05, 3.63) is 10.7 Å². The molecule has 0 unspecified atom stereocenters. The van der Waals surface area contributed by atoms with Crippen LogP contribution in [-0.2, 0) is 9.84 Å². The van der Waals surface area contributed by atoms with Crippen LogP contribution in [0.3, 0.4) is 0 Å². The molecule has 2 heterocycles. The van der Waals surface area contributed by atoms with Crippen molar-refractivity contribution in [1.29, 1.82) is 5.26 Å². The van der Waals surface area contributed by atoms with E-state index in [-0.39, 0.29) is 16.9 Å². The number of rotatable bonds is 5. The van der Waals surface area contributed by atoms with Crippen molar-refractivity contribution >= 4 is 38.0 Å². The van der Waals surface area contributed by atoms with E-state index in [9.17, 15) is 8.42 Å². The SMILES string of the molecule is CS(=O)(=O)CCN1CCC(Nc2snc(Cl)c2C#N)CC1. The minimum absolute atomic E-state index is 0.203. The van der Waals surface area contributed by atoms with E-state index in [0.717, 1.165) is 30.9 Å². The molecule has 0 radical (unpaired) electrons. The molecular formula is C12H17ClN4O2S2. The Labute approximate surface area is 133 Å². The maximum atomic E-state index is 11.2. The highest BCUT2D eigenvalue weighted by molar-refractivity contribution is 7.90. The maximum Gasteiger partial charge on any atom is 0.162 e. The summed E-state index contributed by atoms with van der Waals surface area (Å²) in [7, 11) is -2.91. The fourth-order valence-corrected chi connectivity index (χ4v) is 3.85. The second-order valence-electron chi connectivity index (χ2n) is 5.18. The molecule has 1 N–H and O–H groups in total. The summed E-state index contributed by atoms with van der Waals surface area (Å²) in [6, 6.07) is 2.32. The molecule has 21 heavy (non-hydrogen) atoms. The van der Waals surface area contributed by atoms with Crippen molar-refractivity contribution in [2.45, 2.75) is 18.9 Å². The molecule has 1 fully saturated rings. The zero-order valence-electron chi connectivity index (χ0n) is 11.7. The van der Waals surface area contributed by atoms with Gasteiger partial charge in [-0.2, -0.15) is 9.64 Å². The molecule has 0 bridgehead atoms. The van der Waals surface area contributed by atoms with E-state index in [2.05, 4.69) is 20.7 Å². The summed E-state index contributed by atoms with van der Waals surface area (Å²) in [5, 5.41) is 13.3. The highest BCUT2D eigenvalue weighted by Crippen LogP contribution is 2.29. The van der Waals surface area contributed by atoms with Gasteiger partial charge in [-0.25, -0.2) is 8.42 Å². The number of sulfone groups is 1. The standard InChI is InChI=1S/C12H17ClN4O2S2/c1-21(18,19)7-6-17-4-2-9(3-5-17)15-12-10(8-14)11(13)16-20-12/h9,15H,2-7H2,1H3. The van der Waals surface area contributed by atoms with Gasteiger partial charge in [0.25, 0.3) is 0 Å². The van der Waals surface area contributed by atoms with Crippen molar-refractivity contribution in [2.75, 3.05) is 37.0 Å². The summed E-state index contributed by atoms with van der Waals surface area (Å²) in [4.78, 5) is 2.16. The number of hydrogen-bond acceptors (Lipinski definition) is 7. The van der Waals surface area contributed by atoms with E-state index >= 15 is 0 Å². The monoisotopic (exact) mass is 348 g/mol. The fraction of sp³-hybridized carbons (Fsp3) is 0.667. The number of nitriles is 1. The van der Waals surface area contributed by atoms with E-state index in [1.807, 2.05) is 0 Å². The Balaban J connectivity index is 1.83. The smallest absolute Gasteiger partial charge is 0.162 e. The number of halogens is 1. The van der Waals surface area contributed by atoms with E-state index in [1.54, 1.807) is 0 Å². The maximum absolute atomic E-state index is 11.2. The van der Waals surface area contributed by atoms with E-state index in [1.165, 1.54) is 17.8 Å².